The molecule has 0 aliphatic heterocycles. The molecule has 9 atom stereocenters. The third-order valence-corrected chi connectivity index (χ3v) is 10.4. The molecule has 4 aliphatic rings. The molecule has 172 valence electrons. The summed E-state index contributed by atoms with van der Waals surface area (Å²) in [4.78, 5) is 0. The highest BCUT2D eigenvalue weighted by molar-refractivity contribution is 5.25. The van der Waals surface area contributed by atoms with Crippen LogP contribution in [0.25, 0.3) is 0 Å². The molecule has 3 fully saturated rings. The molecule has 3 heteroatoms. The van der Waals surface area contributed by atoms with E-state index in [-0.39, 0.29) is 12.2 Å². The van der Waals surface area contributed by atoms with Gasteiger partial charge in [0.1, 0.15) is 0 Å². The van der Waals surface area contributed by atoms with E-state index in [0.29, 0.717) is 35.5 Å². The Morgan fingerprint density at radius 2 is 1.83 bits per heavy atom. The van der Waals surface area contributed by atoms with E-state index in [0.717, 1.165) is 37.0 Å². The Bertz CT molecular complexity index is 664. The maximum absolute atomic E-state index is 11.0. The second kappa shape index (κ2) is 7.89. The van der Waals surface area contributed by atoms with Crippen molar-refractivity contribution in [1.82, 2.24) is 0 Å². The van der Waals surface area contributed by atoms with Crippen molar-refractivity contribution in [3.05, 3.63) is 11.6 Å². The van der Waals surface area contributed by atoms with E-state index in [1.807, 2.05) is 13.8 Å². The van der Waals surface area contributed by atoms with Crippen LogP contribution in [0.2, 0.25) is 0 Å². The topological polar surface area (TPSA) is 60.7 Å². The van der Waals surface area contributed by atoms with Crippen LogP contribution in [-0.2, 0) is 0 Å². The van der Waals surface area contributed by atoms with Gasteiger partial charge in [-0.25, -0.2) is 0 Å². The summed E-state index contributed by atoms with van der Waals surface area (Å²) >= 11 is 0. The third-order valence-electron chi connectivity index (χ3n) is 10.4. The molecule has 0 aromatic heterocycles. The zero-order valence-electron chi connectivity index (χ0n) is 20.0. The number of allylic oxidation sites excluding steroid dienone is 1. The van der Waals surface area contributed by atoms with Crippen molar-refractivity contribution in [2.45, 2.75) is 117 Å². The monoisotopic (exact) mass is 418 g/mol. The van der Waals surface area contributed by atoms with Gasteiger partial charge in [-0.2, -0.15) is 0 Å². The van der Waals surface area contributed by atoms with Crippen LogP contribution >= 0.6 is 0 Å². The molecule has 0 aromatic rings. The Labute approximate surface area is 184 Å². The van der Waals surface area contributed by atoms with Gasteiger partial charge in [0.05, 0.1) is 17.8 Å². The summed E-state index contributed by atoms with van der Waals surface area (Å²) in [6.07, 6.45) is 12.8. The van der Waals surface area contributed by atoms with Crippen molar-refractivity contribution in [2.24, 2.45) is 40.4 Å². The molecule has 0 heterocycles. The molecule has 3 N–H and O–H groups in total. The highest BCUT2D eigenvalue weighted by Crippen LogP contribution is 2.67. The third kappa shape index (κ3) is 3.82. The molecule has 0 amide bonds. The molecule has 4 rings (SSSR count). The van der Waals surface area contributed by atoms with Gasteiger partial charge < -0.3 is 15.3 Å². The fourth-order valence-corrected chi connectivity index (χ4v) is 8.58. The molecule has 3 nitrogen and oxygen atoms in total. The lowest BCUT2D eigenvalue weighted by Gasteiger charge is -2.58. The lowest BCUT2D eigenvalue weighted by molar-refractivity contribution is -0.0696. The van der Waals surface area contributed by atoms with E-state index in [1.165, 1.54) is 32.1 Å². The van der Waals surface area contributed by atoms with Crippen LogP contribution in [0, 0.1) is 40.4 Å². The highest BCUT2D eigenvalue weighted by Gasteiger charge is 2.59. The molecule has 0 radical (unpaired) electrons. The lowest BCUT2D eigenvalue weighted by atomic mass is 9.47. The maximum atomic E-state index is 11.0. The summed E-state index contributed by atoms with van der Waals surface area (Å²) < 4.78 is 0. The van der Waals surface area contributed by atoms with Crippen LogP contribution in [0.15, 0.2) is 11.6 Å². The van der Waals surface area contributed by atoms with E-state index in [4.69, 9.17) is 0 Å². The Balaban J connectivity index is 1.50. The molecular weight excluding hydrogens is 372 g/mol. The van der Waals surface area contributed by atoms with Gasteiger partial charge in [-0.05, 0) is 118 Å². The van der Waals surface area contributed by atoms with Crippen molar-refractivity contribution >= 4 is 0 Å². The normalized spacial score (nSPS) is 45.7. The van der Waals surface area contributed by atoms with E-state index in [9.17, 15) is 15.3 Å². The molecule has 3 saturated carbocycles. The van der Waals surface area contributed by atoms with Gasteiger partial charge in [-0.3, -0.25) is 0 Å². The Hall–Kier alpha value is -0.380. The minimum atomic E-state index is -0.698. The summed E-state index contributed by atoms with van der Waals surface area (Å²) in [5, 5.41) is 31.3. The first-order chi connectivity index (χ1) is 14.0. The summed E-state index contributed by atoms with van der Waals surface area (Å²) in [6.45, 7) is 11.0. The average Bonchev–Trinajstić information content (AvgIpc) is 3.02. The van der Waals surface area contributed by atoms with Crippen molar-refractivity contribution < 1.29 is 15.3 Å². The Kier molecular flexibility index (Phi) is 5.99. The minimum absolute atomic E-state index is 0.128. The molecular formula is C27H46O3. The highest BCUT2D eigenvalue weighted by atomic mass is 16.3. The Morgan fingerprint density at radius 3 is 2.53 bits per heavy atom. The van der Waals surface area contributed by atoms with Crippen LogP contribution in [0.3, 0.4) is 0 Å². The summed E-state index contributed by atoms with van der Waals surface area (Å²) in [7, 11) is 0. The zero-order valence-corrected chi connectivity index (χ0v) is 20.0. The zero-order chi connectivity index (χ0) is 21.9. The first-order valence-electron chi connectivity index (χ1n) is 12.7. The van der Waals surface area contributed by atoms with Crippen molar-refractivity contribution in [2.75, 3.05) is 0 Å². The van der Waals surface area contributed by atoms with Crippen molar-refractivity contribution in [3.63, 3.8) is 0 Å². The van der Waals surface area contributed by atoms with Gasteiger partial charge >= 0.3 is 0 Å². The fourth-order valence-electron chi connectivity index (χ4n) is 8.58. The molecule has 4 aliphatic carbocycles. The summed E-state index contributed by atoms with van der Waals surface area (Å²) in [5.41, 5.74) is 1.50. The van der Waals surface area contributed by atoms with Gasteiger partial charge in [0.15, 0.2) is 0 Å². The average molecular weight is 419 g/mol. The van der Waals surface area contributed by atoms with Crippen LogP contribution in [-0.4, -0.2) is 33.1 Å². The van der Waals surface area contributed by atoms with Crippen LogP contribution in [0.1, 0.15) is 98.8 Å². The first kappa shape index (κ1) is 22.8. The molecule has 30 heavy (non-hydrogen) atoms. The molecule has 0 bridgehead atoms. The largest absolute Gasteiger partial charge is 0.393 e. The predicted molar refractivity (Wildman–Crippen MR) is 122 cm³/mol. The predicted octanol–water partition coefficient (Wildman–Crippen LogP) is 5.47. The SMILES string of the molecule is C[C@H]([C@H](O)CCC(C)(C)O)[C@H]1CC[C@H]2[C@@H]3CC=C4C[C@@H](O)CC[C@]4(C)[C@H]3CC[C@]12C. The number of fused-ring (bicyclic) bond motifs is 5. The maximum Gasteiger partial charge on any atom is 0.0592 e. The Morgan fingerprint density at radius 1 is 1.10 bits per heavy atom. The van der Waals surface area contributed by atoms with E-state index in [1.54, 1.807) is 5.57 Å². The van der Waals surface area contributed by atoms with Crippen molar-refractivity contribution in [1.29, 1.82) is 0 Å². The minimum Gasteiger partial charge on any atom is -0.393 e. The standard InChI is InChI=1S/C27H46O3/c1-17(24(29)12-13-25(2,3)30)21-8-9-22-20-7-6-18-16-19(28)10-14-26(18,4)23(20)11-15-27(21,22)5/h6,17,19-24,28-30H,7-16H2,1-5H3/t17-,19-,20-,21+,22-,23-,24+,26-,27+/m0/s1. The van der Waals surface area contributed by atoms with Gasteiger partial charge in [0.25, 0.3) is 0 Å². The van der Waals surface area contributed by atoms with E-state index < -0.39 is 5.60 Å². The van der Waals surface area contributed by atoms with Crippen LogP contribution in [0.4, 0.5) is 0 Å². The van der Waals surface area contributed by atoms with E-state index in [2.05, 4.69) is 26.8 Å². The van der Waals surface area contributed by atoms with Gasteiger partial charge in [0, 0.05) is 0 Å². The van der Waals surface area contributed by atoms with Crippen LogP contribution in [0.5, 0.6) is 0 Å². The smallest absolute Gasteiger partial charge is 0.0592 e. The second-order valence-corrected chi connectivity index (χ2v) is 12.7. The molecule has 0 unspecified atom stereocenters. The summed E-state index contributed by atoms with van der Waals surface area (Å²) in [5.74, 6) is 3.21. The summed E-state index contributed by atoms with van der Waals surface area (Å²) in [6, 6.07) is 0. The van der Waals surface area contributed by atoms with Gasteiger partial charge in [0.2, 0.25) is 0 Å². The fraction of sp³-hybridized carbons (Fsp3) is 0.926. The first-order valence-corrected chi connectivity index (χ1v) is 12.7. The number of hydrogen-bond donors (Lipinski definition) is 3. The molecule has 0 spiro atoms. The van der Waals surface area contributed by atoms with Crippen LogP contribution < -0.4 is 0 Å². The quantitative estimate of drug-likeness (QED) is 0.519. The van der Waals surface area contributed by atoms with Gasteiger partial charge in [-0.1, -0.05) is 32.4 Å². The van der Waals surface area contributed by atoms with Gasteiger partial charge in [-0.15, -0.1) is 0 Å². The number of hydrogen-bond acceptors (Lipinski definition) is 3. The number of rotatable bonds is 5. The van der Waals surface area contributed by atoms with E-state index >= 15 is 0 Å². The number of aliphatic hydroxyl groups excluding tert-OH is 2. The number of aliphatic hydroxyl groups is 3. The molecule has 0 aromatic carbocycles. The second-order valence-electron chi connectivity index (χ2n) is 12.7. The molecule has 0 saturated heterocycles. The van der Waals surface area contributed by atoms with Crippen molar-refractivity contribution in [3.8, 4) is 0 Å². The lowest BCUT2D eigenvalue weighted by Crippen LogP contribution is -2.51.